The van der Waals surface area contributed by atoms with E-state index < -0.39 is 35.4 Å². The number of nitrogens with one attached hydrogen (secondary N) is 4. The molecule has 0 aromatic heterocycles. The maximum atomic E-state index is 14.4. The normalized spacial score (nSPS) is 11.1. The van der Waals surface area contributed by atoms with Crippen LogP contribution in [0, 0.1) is 13.8 Å². The fourth-order valence-electron chi connectivity index (χ4n) is 6.76. The van der Waals surface area contributed by atoms with E-state index in [0.717, 1.165) is 0 Å². The Kier molecular flexibility index (Phi) is 11.9. The Hall–Kier alpha value is -7.41. The highest BCUT2D eigenvalue weighted by atomic mass is 16.6. The lowest BCUT2D eigenvalue weighted by atomic mass is 9.98. The number of ether oxygens (including phenoxy) is 4. The number of hydrogen-bond acceptors (Lipinski definition) is 9. The highest BCUT2D eigenvalue weighted by molar-refractivity contribution is 6.20. The maximum Gasteiger partial charge on any atom is 0.412 e. The average molecular weight is 797 g/mol. The first-order valence-corrected chi connectivity index (χ1v) is 18.6. The third-order valence-corrected chi connectivity index (χ3v) is 9.51. The Morgan fingerprint density at radius 3 is 1.69 bits per heavy atom. The van der Waals surface area contributed by atoms with Gasteiger partial charge in [-0.25, -0.2) is 9.59 Å². The van der Waals surface area contributed by atoms with Crippen molar-refractivity contribution in [2.75, 3.05) is 42.6 Å². The van der Waals surface area contributed by atoms with E-state index in [2.05, 4.69) is 21.3 Å². The predicted octanol–water partition coefficient (Wildman–Crippen LogP) is 9.52. The van der Waals surface area contributed by atoms with Crippen molar-refractivity contribution >= 4 is 74.1 Å². The van der Waals surface area contributed by atoms with Crippen molar-refractivity contribution < 1.29 is 42.9 Å². The molecule has 6 rings (SSSR count). The second-order valence-corrected chi connectivity index (χ2v) is 14.6. The molecule has 0 atom stereocenters. The fraction of sp³-hybridized carbons (Fsp3) is 0.196. The van der Waals surface area contributed by atoms with Crippen molar-refractivity contribution in [2.45, 2.75) is 40.2 Å². The zero-order valence-corrected chi connectivity index (χ0v) is 33.9. The van der Waals surface area contributed by atoms with Gasteiger partial charge in [-0.2, -0.15) is 0 Å². The molecule has 0 saturated heterocycles. The summed E-state index contributed by atoms with van der Waals surface area (Å²) >= 11 is 0. The third kappa shape index (κ3) is 8.64. The largest absolute Gasteiger partial charge is 0.495 e. The second-order valence-electron chi connectivity index (χ2n) is 14.6. The molecule has 0 bridgehead atoms. The van der Waals surface area contributed by atoms with Gasteiger partial charge in [-0.1, -0.05) is 66.7 Å². The fourth-order valence-corrected chi connectivity index (χ4v) is 6.76. The van der Waals surface area contributed by atoms with Crippen molar-refractivity contribution in [3.8, 4) is 11.5 Å². The molecule has 0 heterocycles. The van der Waals surface area contributed by atoms with Crippen LogP contribution >= 0.6 is 0 Å². The smallest absolute Gasteiger partial charge is 0.412 e. The summed E-state index contributed by atoms with van der Waals surface area (Å²) in [5.74, 6) is -2.23. The Labute approximate surface area is 341 Å². The summed E-state index contributed by atoms with van der Waals surface area (Å²) in [5, 5.41) is 14.0. The van der Waals surface area contributed by atoms with Crippen LogP contribution in [0.1, 0.15) is 73.3 Å². The van der Waals surface area contributed by atoms with Crippen molar-refractivity contribution in [1.82, 2.24) is 0 Å². The molecule has 59 heavy (non-hydrogen) atoms. The zero-order valence-electron chi connectivity index (χ0n) is 33.9. The van der Waals surface area contributed by atoms with Crippen molar-refractivity contribution in [2.24, 2.45) is 0 Å². The van der Waals surface area contributed by atoms with Gasteiger partial charge in [-0.15, -0.1) is 0 Å². The summed E-state index contributed by atoms with van der Waals surface area (Å²) in [4.78, 5) is 68.3. The number of carbonyl (C=O) groups is 5. The lowest BCUT2D eigenvalue weighted by Gasteiger charge is -2.22. The van der Waals surface area contributed by atoms with Crippen LogP contribution in [0.5, 0.6) is 11.5 Å². The number of fused-ring (bicyclic) bond motifs is 2. The van der Waals surface area contributed by atoms with Gasteiger partial charge in [0.05, 0.1) is 60.8 Å². The minimum atomic E-state index is -0.759. The number of anilines is 4. The first-order valence-electron chi connectivity index (χ1n) is 18.6. The number of methoxy groups -OCH3 is 3. The van der Waals surface area contributed by atoms with Crippen LogP contribution in [0.25, 0.3) is 21.5 Å². The molecule has 4 amide bonds. The van der Waals surface area contributed by atoms with E-state index in [1.54, 1.807) is 101 Å². The van der Waals surface area contributed by atoms with E-state index in [9.17, 15) is 24.0 Å². The van der Waals surface area contributed by atoms with E-state index in [1.165, 1.54) is 27.4 Å². The molecular formula is C46H44N4O9. The number of para-hydroxylation sites is 2. The molecule has 0 fully saturated rings. The standard InChI is InChI=1S/C46H44N4O9/c1-25-15-13-21-32(44(54)58-8)36(25)47-43(53)34-24-28-17-10-12-19-30(28)39(40(34)57-7)49-41(51)31-20-14-22-35(56-6)38(31)48-42(52)33-23-27-16-9-11-18-29(27)37(26(33)2)50-45(55)59-46(3,4)5/h9-24H,1-8H3,(H,47,53)(H,48,52)(H,49,51)(H,50,55). The minimum Gasteiger partial charge on any atom is -0.495 e. The molecule has 13 nitrogen and oxygen atoms in total. The van der Waals surface area contributed by atoms with Gasteiger partial charge in [0.1, 0.15) is 11.4 Å². The molecule has 13 heteroatoms. The third-order valence-electron chi connectivity index (χ3n) is 9.51. The highest BCUT2D eigenvalue weighted by Gasteiger charge is 2.27. The molecule has 0 aliphatic carbocycles. The molecule has 0 aliphatic heterocycles. The topological polar surface area (TPSA) is 170 Å². The van der Waals surface area contributed by atoms with E-state index in [-0.39, 0.29) is 50.8 Å². The molecule has 0 saturated carbocycles. The number of amides is 4. The van der Waals surface area contributed by atoms with Crippen LogP contribution in [0.4, 0.5) is 27.5 Å². The number of rotatable bonds is 10. The van der Waals surface area contributed by atoms with E-state index >= 15 is 0 Å². The van der Waals surface area contributed by atoms with Crippen LogP contribution in [0.3, 0.4) is 0 Å². The van der Waals surface area contributed by atoms with Gasteiger partial charge in [-0.05, 0) is 86.8 Å². The van der Waals surface area contributed by atoms with Crippen LogP contribution < -0.4 is 30.7 Å². The predicted molar refractivity (Wildman–Crippen MR) is 228 cm³/mol. The summed E-state index contributed by atoms with van der Waals surface area (Å²) in [6.07, 6.45) is -0.683. The van der Waals surface area contributed by atoms with Gasteiger partial charge >= 0.3 is 12.1 Å². The van der Waals surface area contributed by atoms with E-state index in [1.807, 2.05) is 24.3 Å². The molecule has 0 aliphatic rings. The zero-order chi connectivity index (χ0) is 42.6. The van der Waals surface area contributed by atoms with Crippen LogP contribution in [0.2, 0.25) is 0 Å². The summed E-state index contributed by atoms with van der Waals surface area (Å²) in [7, 11) is 4.04. The quantitative estimate of drug-likeness (QED) is 0.0986. The first-order chi connectivity index (χ1) is 28.1. The number of benzene rings is 6. The Bertz CT molecular complexity index is 2660. The minimum absolute atomic E-state index is 0.0341. The number of esters is 1. The summed E-state index contributed by atoms with van der Waals surface area (Å²) in [6, 6.07) is 27.4. The molecule has 4 N–H and O–H groups in total. The summed E-state index contributed by atoms with van der Waals surface area (Å²) in [5.41, 5.74) is 1.72. The van der Waals surface area contributed by atoms with Gasteiger partial charge in [0.15, 0.2) is 5.75 Å². The average Bonchev–Trinajstić information content (AvgIpc) is 3.21. The molecular weight excluding hydrogens is 753 g/mol. The maximum absolute atomic E-state index is 14.4. The summed E-state index contributed by atoms with van der Waals surface area (Å²) in [6.45, 7) is 8.72. The number of carbonyl (C=O) groups excluding carboxylic acids is 5. The monoisotopic (exact) mass is 796 g/mol. The number of aryl methyl sites for hydroxylation is 1. The SMILES string of the molecule is COC(=O)c1cccc(C)c1NC(=O)c1cc2ccccc2c(NC(=O)c2cccc(OC)c2NC(=O)c2cc3ccccc3c(NC(=O)OC(C)(C)C)c2C)c1OC. The van der Waals surface area contributed by atoms with Crippen LogP contribution in [-0.2, 0) is 9.47 Å². The van der Waals surface area contributed by atoms with Gasteiger partial charge in [0.2, 0.25) is 0 Å². The number of hydrogen-bond donors (Lipinski definition) is 4. The molecule has 302 valence electrons. The molecule has 0 unspecified atom stereocenters. The molecule has 0 radical (unpaired) electrons. The molecule has 0 spiro atoms. The van der Waals surface area contributed by atoms with Crippen LogP contribution in [-0.4, -0.2) is 56.7 Å². The Morgan fingerprint density at radius 2 is 1.07 bits per heavy atom. The lowest BCUT2D eigenvalue weighted by molar-refractivity contribution is 0.0599. The van der Waals surface area contributed by atoms with Crippen molar-refractivity contribution in [3.63, 3.8) is 0 Å². The summed E-state index contributed by atoms with van der Waals surface area (Å²) < 4.78 is 21.9. The Morgan fingerprint density at radius 1 is 0.525 bits per heavy atom. The van der Waals surface area contributed by atoms with Crippen molar-refractivity contribution in [3.05, 3.63) is 130 Å². The van der Waals surface area contributed by atoms with Gasteiger partial charge < -0.3 is 34.9 Å². The Balaban J connectivity index is 1.39. The lowest BCUT2D eigenvalue weighted by Crippen LogP contribution is -2.28. The highest BCUT2D eigenvalue weighted by Crippen LogP contribution is 2.40. The van der Waals surface area contributed by atoms with Gasteiger partial charge in [-0.3, -0.25) is 19.7 Å². The van der Waals surface area contributed by atoms with E-state index in [0.29, 0.717) is 38.4 Å². The van der Waals surface area contributed by atoms with Gasteiger partial charge in [0.25, 0.3) is 17.7 Å². The van der Waals surface area contributed by atoms with Crippen LogP contribution in [0.15, 0.2) is 97.1 Å². The molecule has 6 aromatic carbocycles. The van der Waals surface area contributed by atoms with Gasteiger partial charge in [0, 0.05) is 16.3 Å². The second kappa shape index (κ2) is 17.0. The molecule has 6 aromatic rings. The first kappa shape index (κ1) is 41.2. The van der Waals surface area contributed by atoms with E-state index in [4.69, 9.17) is 18.9 Å². The van der Waals surface area contributed by atoms with Crippen molar-refractivity contribution in [1.29, 1.82) is 0 Å².